The van der Waals surface area contributed by atoms with Crippen molar-refractivity contribution in [3.05, 3.63) is 120 Å². The van der Waals surface area contributed by atoms with Gasteiger partial charge in [-0.3, -0.25) is 0 Å². The van der Waals surface area contributed by atoms with Crippen molar-refractivity contribution < 1.29 is 4.74 Å². The molecule has 38 heavy (non-hydrogen) atoms. The molecular weight excluding hydrogens is 492 g/mol. The Hall–Kier alpha value is -4.92. The van der Waals surface area contributed by atoms with Crippen LogP contribution in [-0.2, 0) is 0 Å². The molecule has 0 atom stereocenters. The normalized spacial score (nSPS) is 10.9. The third kappa shape index (κ3) is 4.07. The zero-order valence-corrected chi connectivity index (χ0v) is 21.2. The molecule has 0 saturated heterocycles. The first-order valence-corrected chi connectivity index (χ1v) is 12.4. The minimum atomic E-state index is 0.483. The van der Waals surface area contributed by atoms with E-state index in [0.717, 1.165) is 44.8 Å². The number of hydrogen-bond donors (Lipinski definition) is 0. The number of fused-ring (bicyclic) bond motifs is 1. The smallest absolute Gasteiger partial charge is 0.164 e. The molecule has 0 saturated carbocycles. The summed E-state index contributed by atoms with van der Waals surface area (Å²) in [6.45, 7) is 0. The third-order valence-electron chi connectivity index (χ3n) is 6.47. The van der Waals surface area contributed by atoms with E-state index in [1.807, 2.05) is 114 Å². The molecule has 182 valence electrons. The Labute approximate surface area is 225 Å². The second-order valence-corrected chi connectivity index (χ2v) is 9.15. The van der Waals surface area contributed by atoms with Crippen molar-refractivity contribution in [3.8, 4) is 51.1 Å². The molecular formula is C32H21ClN4O. The maximum Gasteiger partial charge on any atom is 0.164 e. The van der Waals surface area contributed by atoms with Crippen LogP contribution in [0.3, 0.4) is 0 Å². The molecule has 0 unspecified atom stereocenters. The fourth-order valence-electron chi connectivity index (χ4n) is 4.67. The molecule has 0 amide bonds. The Bertz CT molecular complexity index is 1790. The SMILES string of the molecule is COc1ccc(-c2nc3c(c(-c4ccc(Cl)cc4)nn3-c3ccccc3)c(-c3ccccc3)c2C#N)cc1. The van der Waals surface area contributed by atoms with Gasteiger partial charge in [-0.2, -0.15) is 10.4 Å². The minimum Gasteiger partial charge on any atom is -0.497 e. The molecule has 4 aromatic carbocycles. The summed E-state index contributed by atoms with van der Waals surface area (Å²) in [5, 5.41) is 17.1. The van der Waals surface area contributed by atoms with Gasteiger partial charge in [0.25, 0.3) is 0 Å². The molecule has 6 heteroatoms. The first-order valence-electron chi connectivity index (χ1n) is 12.1. The molecule has 5 nitrogen and oxygen atoms in total. The molecule has 2 aromatic heterocycles. The van der Waals surface area contributed by atoms with Crippen LogP contribution in [-0.4, -0.2) is 21.9 Å². The van der Waals surface area contributed by atoms with E-state index in [1.54, 1.807) is 7.11 Å². The zero-order chi connectivity index (χ0) is 26.1. The first-order chi connectivity index (χ1) is 18.7. The predicted molar refractivity (Wildman–Crippen MR) is 151 cm³/mol. The average molecular weight is 513 g/mol. The van der Waals surface area contributed by atoms with Crippen molar-refractivity contribution >= 4 is 22.6 Å². The lowest BCUT2D eigenvalue weighted by Crippen LogP contribution is -2.01. The van der Waals surface area contributed by atoms with E-state index in [1.165, 1.54) is 0 Å². The number of aromatic nitrogens is 3. The number of ether oxygens (including phenoxy) is 1. The molecule has 6 rings (SSSR count). The van der Waals surface area contributed by atoms with Crippen LogP contribution >= 0.6 is 11.6 Å². The lowest BCUT2D eigenvalue weighted by atomic mass is 9.92. The molecule has 6 aromatic rings. The Kier molecular flexibility index (Phi) is 6.09. The van der Waals surface area contributed by atoms with Crippen LogP contribution in [0, 0.1) is 11.3 Å². The lowest BCUT2D eigenvalue weighted by molar-refractivity contribution is 0.415. The summed E-state index contributed by atoms with van der Waals surface area (Å²) in [5.41, 5.74) is 6.72. The number of nitrogens with zero attached hydrogens (tertiary/aromatic N) is 4. The fourth-order valence-corrected chi connectivity index (χ4v) is 4.79. The summed E-state index contributed by atoms with van der Waals surface area (Å²) in [6.07, 6.45) is 0. The molecule has 0 aliphatic rings. The van der Waals surface area contributed by atoms with Gasteiger partial charge in [-0.1, -0.05) is 72.3 Å². The largest absolute Gasteiger partial charge is 0.497 e. The summed E-state index contributed by atoms with van der Waals surface area (Å²) in [4.78, 5) is 5.11. The van der Waals surface area contributed by atoms with Gasteiger partial charge in [0.1, 0.15) is 17.5 Å². The van der Waals surface area contributed by atoms with Gasteiger partial charge >= 0.3 is 0 Å². The molecule has 0 aliphatic carbocycles. The van der Waals surface area contributed by atoms with Crippen LogP contribution in [0.15, 0.2) is 109 Å². The van der Waals surface area contributed by atoms with Crippen LogP contribution in [0.5, 0.6) is 5.75 Å². The summed E-state index contributed by atoms with van der Waals surface area (Å²) >= 11 is 6.21. The van der Waals surface area contributed by atoms with Crippen molar-refractivity contribution in [2.24, 2.45) is 0 Å². The predicted octanol–water partition coefficient (Wildman–Crippen LogP) is 7.96. The average Bonchev–Trinajstić information content (AvgIpc) is 3.36. The molecule has 0 N–H and O–H groups in total. The molecule has 0 bridgehead atoms. The summed E-state index contributed by atoms with van der Waals surface area (Å²) in [6, 6.07) is 37.5. The molecule has 0 fully saturated rings. The topological polar surface area (TPSA) is 63.7 Å². The second kappa shape index (κ2) is 9.85. The maximum absolute atomic E-state index is 10.5. The monoisotopic (exact) mass is 512 g/mol. The Morgan fingerprint density at radius 1 is 0.737 bits per heavy atom. The van der Waals surface area contributed by atoms with E-state index >= 15 is 0 Å². The number of pyridine rings is 1. The van der Waals surface area contributed by atoms with Crippen LogP contribution in [0.25, 0.3) is 50.4 Å². The Morgan fingerprint density at radius 2 is 1.34 bits per heavy atom. The van der Waals surface area contributed by atoms with Crippen molar-refractivity contribution in [1.29, 1.82) is 5.26 Å². The number of rotatable bonds is 5. The third-order valence-corrected chi connectivity index (χ3v) is 6.72. The maximum atomic E-state index is 10.5. The zero-order valence-electron chi connectivity index (χ0n) is 20.5. The standard InChI is InChI=1S/C32H21ClN4O/c1-38-26-18-14-22(15-19-26)30-27(20-34)28(21-8-4-2-5-9-21)29-31(23-12-16-24(33)17-13-23)36-37(32(29)35-30)25-10-6-3-7-11-25/h2-19H,1H3. The van der Waals surface area contributed by atoms with E-state index in [9.17, 15) is 5.26 Å². The summed E-state index contributed by atoms with van der Waals surface area (Å²) in [5.74, 6) is 0.732. The molecule has 0 spiro atoms. The molecule has 0 radical (unpaired) electrons. The Morgan fingerprint density at radius 3 is 1.97 bits per heavy atom. The highest BCUT2D eigenvalue weighted by atomic mass is 35.5. The van der Waals surface area contributed by atoms with Gasteiger partial charge < -0.3 is 4.74 Å². The van der Waals surface area contributed by atoms with Crippen molar-refractivity contribution in [3.63, 3.8) is 0 Å². The van der Waals surface area contributed by atoms with E-state index in [4.69, 9.17) is 26.4 Å². The number of nitriles is 1. The van der Waals surface area contributed by atoms with Crippen molar-refractivity contribution in [2.45, 2.75) is 0 Å². The van der Waals surface area contributed by atoms with Gasteiger partial charge in [0, 0.05) is 21.7 Å². The van der Waals surface area contributed by atoms with Gasteiger partial charge in [0.05, 0.1) is 29.4 Å². The number of halogens is 1. The number of benzene rings is 4. The van der Waals surface area contributed by atoms with Crippen LogP contribution in [0.1, 0.15) is 5.56 Å². The molecule has 2 heterocycles. The van der Waals surface area contributed by atoms with Crippen molar-refractivity contribution in [2.75, 3.05) is 7.11 Å². The molecule has 0 aliphatic heterocycles. The van der Waals surface area contributed by atoms with E-state index in [2.05, 4.69) is 6.07 Å². The van der Waals surface area contributed by atoms with Gasteiger partial charge in [0.15, 0.2) is 5.65 Å². The highest BCUT2D eigenvalue weighted by Gasteiger charge is 2.25. The Balaban J connectivity index is 1.78. The van der Waals surface area contributed by atoms with Gasteiger partial charge in [0.2, 0.25) is 0 Å². The van der Waals surface area contributed by atoms with Crippen LogP contribution in [0.4, 0.5) is 0 Å². The second-order valence-electron chi connectivity index (χ2n) is 8.72. The number of hydrogen-bond acceptors (Lipinski definition) is 4. The summed E-state index contributed by atoms with van der Waals surface area (Å²) < 4.78 is 7.20. The van der Waals surface area contributed by atoms with E-state index in [0.29, 0.717) is 21.9 Å². The van der Waals surface area contributed by atoms with Crippen molar-refractivity contribution in [1.82, 2.24) is 14.8 Å². The van der Waals surface area contributed by atoms with Gasteiger partial charge in [-0.15, -0.1) is 0 Å². The van der Waals surface area contributed by atoms with E-state index in [-0.39, 0.29) is 0 Å². The van der Waals surface area contributed by atoms with Crippen LogP contribution in [0.2, 0.25) is 5.02 Å². The lowest BCUT2D eigenvalue weighted by Gasteiger charge is -2.13. The highest BCUT2D eigenvalue weighted by Crippen LogP contribution is 2.42. The fraction of sp³-hybridized carbons (Fsp3) is 0.0312. The first kappa shape index (κ1) is 23.5. The van der Waals surface area contributed by atoms with E-state index < -0.39 is 0 Å². The van der Waals surface area contributed by atoms with Gasteiger partial charge in [-0.25, -0.2) is 9.67 Å². The highest BCUT2D eigenvalue weighted by molar-refractivity contribution is 6.30. The summed E-state index contributed by atoms with van der Waals surface area (Å²) in [7, 11) is 1.63. The number of methoxy groups -OCH3 is 1. The minimum absolute atomic E-state index is 0.483. The number of para-hydroxylation sites is 1. The quantitative estimate of drug-likeness (QED) is 0.235. The van der Waals surface area contributed by atoms with Gasteiger partial charge in [-0.05, 0) is 54.1 Å². The van der Waals surface area contributed by atoms with Crippen LogP contribution < -0.4 is 4.74 Å².